The third-order valence-electron chi connectivity index (χ3n) is 4.25. The summed E-state index contributed by atoms with van der Waals surface area (Å²) in [6.07, 6.45) is 4.15. The molecule has 23 heavy (non-hydrogen) atoms. The number of amides is 3. The molecule has 0 aromatic carbocycles. The maximum atomic E-state index is 12.3. The van der Waals surface area contributed by atoms with Crippen LogP contribution in [0.4, 0.5) is 4.79 Å². The van der Waals surface area contributed by atoms with Crippen LogP contribution in [0.2, 0.25) is 0 Å². The van der Waals surface area contributed by atoms with E-state index in [0.717, 1.165) is 30.3 Å². The Balaban J connectivity index is 2.11. The van der Waals surface area contributed by atoms with Crippen LogP contribution in [0.3, 0.4) is 0 Å². The number of carbonyl (C=O) groups is 2. The van der Waals surface area contributed by atoms with Crippen molar-refractivity contribution in [2.45, 2.75) is 58.7 Å². The van der Waals surface area contributed by atoms with Crippen LogP contribution in [0.15, 0.2) is 4.99 Å². The first-order valence-corrected chi connectivity index (χ1v) is 9.49. The SMILES string of the molecule is CCCCCSC1=NC2C(C(=O)NC(=O)N2C)N1CCC(C)C. The molecule has 3 amide bonds. The molecule has 130 valence electrons. The fourth-order valence-electron chi connectivity index (χ4n) is 2.77. The van der Waals surface area contributed by atoms with Crippen molar-refractivity contribution < 1.29 is 9.59 Å². The minimum atomic E-state index is -0.392. The lowest BCUT2D eigenvalue weighted by Crippen LogP contribution is -2.63. The van der Waals surface area contributed by atoms with E-state index in [1.54, 1.807) is 18.8 Å². The summed E-state index contributed by atoms with van der Waals surface area (Å²) in [6, 6.07) is -0.744. The quantitative estimate of drug-likeness (QED) is 0.723. The van der Waals surface area contributed by atoms with Crippen molar-refractivity contribution in [1.29, 1.82) is 0 Å². The lowest BCUT2D eigenvalue weighted by Gasteiger charge is -2.36. The van der Waals surface area contributed by atoms with Gasteiger partial charge in [-0.25, -0.2) is 9.79 Å². The number of imide groups is 1. The lowest BCUT2D eigenvalue weighted by molar-refractivity contribution is -0.127. The lowest BCUT2D eigenvalue weighted by atomic mass is 10.1. The summed E-state index contributed by atoms with van der Waals surface area (Å²) in [7, 11) is 1.70. The van der Waals surface area contributed by atoms with E-state index in [4.69, 9.17) is 4.99 Å². The minimum Gasteiger partial charge on any atom is -0.336 e. The molecule has 1 fully saturated rings. The molecule has 0 aromatic heterocycles. The van der Waals surface area contributed by atoms with Crippen LogP contribution in [0.5, 0.6) is 0 Å². The predicted octanol–water partition coefficient (Wildman–Crippen LogP) is 2.50. The van der Waals surface area contributed by atoms with E-state index in [1.807, 2.05) is 0 Å². The second-order valence-electron chi connectivity index (χ2n) is 6.61. The van der Waals surface area contributed by atoms with Gasteiger partial charge < -0.3 is 9.80 Å². The van der Waals surface area contributed by atoms with Crippen LogP contribution in [0.1, 0.15) is 46.5 Å². The van der Waals surface area contributed by atoms with E-state index in [-0.39, 0.29) is 18.0 Å². The number of likely N-dealkylation sites (N-methyl/N-ethyl adjacent to an activating group) is 1. The maximum absolute atomic E-state index is 12.3. The third kappa shape index (κ3) is 4.19. The summed E-state index contributed by atoms with van der Waals surface area (Å²) in [5.74, 6) is 1.34. The van der Waals surface area contributed by atoms with Crippen LogP contribution in [0, 0.1) is 5.92 Å². The van der Waals surface area contributed by atoms with Gasteiger partial charge in [0.05, 0.1) is 0 Å². The van der Waals surface area contributed by atoms with Crippen molar-refractivity contribution >= 4 is 28.9 Å². The zero-order chi connectivity index (χ0) is 17.0. The first kappa shape index (κ1) is 18.1. The molecule has 1 saturated heterocycles. The largest absolute Gasteiger partial charge is 0.336 e. The molecule has 2 aliphatic rings. The van der Waals surface area contributed by atoms with Crippen LogP contribution in [-0.4, -0.2) is 58.5 Å². The van der Waals surface area contributed by atoms with E-state index in [1.165, 1.54) is 17.7 Å². The van der Waals surface area contributed by atoms with Crippen LogP contribution >= 0.6 is 11.8 Å². The smallest absolute Gasteiger partial charge is 0.325 e. The van der Waals surface area contributed by atoms with Gasteiger partial charge in [0.25, 0.3) is 5.91 Å². The van der Waals surface area contributed by atoms with Gasteiger partial charge in [0.15, 0.2) is 17.4 Å². The van der Waals surface area contributed by atoms with Crippen molar-refractivity contribution in [3.63, 3.8) is 0 Å². The average molecular weight is 340 g/mol. The van der Waals surface area contributed by atoms with Gasteiger partial charge >= 0.3 is 6.03 Å². The van der Waals surface area contributed by atoms with Gasteiger partial charge in [-0.15, -0.1) is 0 Å². The van der Waals surface area contributed by atoms with E-state index in [2.05, 4.69) is 31.0 Å². The Kier molecular flexibility index (Phi) is 6.33. The first-order valence-electron chi connectivity index (χ1n) is 8.50. The van der Waals surface area contributed by atoms with Crippen molar-refractivity contribution in [2.75, 3.05) is 19.3 Å². The Bertz CT molecular complexity index is 481. The highest BCUT2D eigenvalue weighted by Crippen LogP contribution is 2.29. The van der Waals surface area contributed by atoms with Crippen molar-refractivity contribution in [2.24, 2.45) is 10.9 Å². The fourth-order valence-corrected chi connectivity index (χ4v) is 3.85. The molecule has 0 spiro atoms. The molecule has 0 saturated carbocycles. The number of urea groups is 1. The highest BCUT2D eigenvalue weighted by Gasteiger charge is 2.48. The molecule has 0 radical (unpaired) electrons. The molecular formula is C16H28N4O2S. The summed E-state index contributed by atoms with van der Waals surface area (Å²) < 4.78 is 0. The Morgan fingerprint density at radius 1 is 1.30 bits per heavy atom. The van der Waals surface area contributed by atoms with Gasteiger partial charge in [-0.2, -0.15) is 0 Å². The van der Waals surface area contributed by atoms with Crippen molar-refractivity contribution in [3.05, 3.63) is 0 Å². The average Bonchev–Trinajstić information content (AvgIpc) is 2.86. The summed E-state index contributed by atoms with van der Waals surface area (Å²) in [4.78, 5) is 32.5. The Morgan fingerprint density at radius 2 is 2.04 bits per heavy atom. The summed E-state index contributed by atoms with van der Waals surface area (Å²) in [6.45, 7) is 7.34. The van der Waals surface area contributed by atoms with Gasteiger partial charge in [-0.05, 0) is 18.8 Å². The Morgan fingerprint density at radius 3 is 2.70 bits per heavy atom. The molecule has 2 atom stereocenters. The molecule has 6 nitrogen and oxygen atoms in total. The highest BCUT2D eigenvalue weighted by molar-refractivity contribution is 8.13. The first-order chi connectivity index (χ1) is 11.0. The van der Waals surface area contributed by atoms with E-state index in [9.17, 15) is 9.59 Å². The van der Waals surface area contributed by atoms with Gasteiger partial charge in [0.2, 0.25) is 0 Å². The number of fused-ring (bicyclic) bond motifs is 1. The Hall–Kier alpha value is -1.24. The van der Waals surface area contributed by atoms with Gasteiger partial charge in [0.1, 0.15) is 0 Å². The summed E-state index contributed by atoms with van der Waals surface area (Å²) >= 11 is 1.71. The van der Waals surface area contributed by atoms with Crippen LogP contribution in [0.25, 0.3) is 0 Å². The standard InChI is InChI=1S/C16H28N4O2S/c1-5-6-7-10-23-16-17-13-12(20(16)9-8-11(2)3)14(21)18-15(22)19(13)4/h11-13H,5-10H2,1-4H3,(H,18,21,22). The summed E-state index contributed by atoms with van der Waals surface area (Å²) in [5.41, 5.74) is 0. The zero-order valence-electron chi connectivity index (χ0n) is 14.5. The van der Waals surface area contributed by atoms with Crippen molar-refractivity contribution in [3.8, 4) is 0 Å². The number of carbonyl (C=O) groups excluding carboxylic acids is 2. The number of rotatable bonds is 7. The molecule has 7 heteroatoms. The van der Waals surface area contributed by atoms with Gasteiger partial charge in [0, 0.05) is 19.3 Å². The predicted molar refractivity (Wildman–Crippen MR) is 94.5 cm³/mol. The molecule has 0 bridgehead atoms. The molecule has 2 unspecified atom stereocenters. The van der Waals surface area contributed by atoms with E-state index < -0.39 is 6.17 Å². The number of nitrogens with zero attached hydrogens (tertiary/aromatic N) is 3. The maximum Gasteiger partial charge on any atom is 0.325 e. The topological polar surface area (TPSA) is 65.0 Å². The molecule has 0 aliphatic carbocycles. The van der Waals surface area contributed by atoms with E-state index in [0.29, 0.717) is 5.92 Å². The number of amidine groups is 1. The number of aliphatic imine (C=N–C) groups is 1. The molecule has 2 heterocycles. The normalized spacial score (nSPS) is 24.1. The number of hydrogen-bond donors (Lipinski definition) is 1. The Labute approximate surface area is 143 Å². The molecule has 2 aliphatic heterocycles. The number of thioether (sulfide) groups is 1. The number of hydrogen-bond acceptors (Lipinski definition) is 5. The van der Waals surface area contributed by atoms with Crippen LogP contribution < -0.4 is 5.32 Å². The highest BCUT2D eigenvalue weighted by atomic mass is 32.2. The number of nitrogens with one attached hydrogen (secondary N) is 1. The third-order valence-corrected chi connectivity index (χ3v) is 5.34. The second-order valence-corrected chi connectivity index (χ2v) is 7.67. The molecule has 1 N–H and O–H groups in total. The summed E-state index contributed by atoms with van der Waals surface area (Å²) in [5, 5.41) is 3.35. The van der Waals surface area contributed by atoms with Crippen molar-refractivity contribution in [1.82, 2.24) is 15.1 Å². The van der Waals surface area contributed by atoms with Gasteiger partial charge in [-0.1, -0.05) is 45.4 Å². The second kappa shape index (κ2) is 8.04. The van der Waals surface area contributed by atoms with Crippen LogP contribution in [-0.2, 0) is 4.79 Å². The monoisotopic (exact) mass is 340 g/mol. The minimum absolute atomic E-state index is 0.227. The molecule has 0 aromatic rings. The van der Waals surface area contributed by atoms with E-state index >= 15 is 0 Å². The zero-order valence-corrected chi connectivity index (χ0v) is 15.4. The number of unbranched alkanes of at least 4 members (excludes halogenated alkanes) is 2. The molecular weight excluding hydrogens is 312 g/mol. The van der Waals surface area contributed by atoms with Gasteiger partial charge in [-0.3, -0.25) is 10.1 Å². The molecule has 2 rings (SSSR count). The fraction of sp³-hybridized carbons (Fsp3) is 0.812.